The first-order chi connectivity index (χ1) is 10.4. The van der Waals surface area contributed by atoms with Crippen LogP contribution in [0.5, 0.6) is 0 Å². The first-order valence-corrected chi connectivity index (χ1v) is 8.40. The molecular formula is C19H22N2. The maximum atomic E-state index is 3.79. The van der Waals surface area contributed by atoms with E-state index in [4.69, 9.17) is 0 Å². The fourth-order valence-corrected chi connectivity index (χ4v) is 5.00. The molecule has 2 nitrogen and oxygen atoms in total. The number of aromatic nitrogens is 1. The summed E-state index contributed by atoms with van der Waals surface area (Å²) in [7, 11) is 0. The van der Waals surface area contributed by atoms with Crippen molar-refractivity contribution < 1.29 is 0 Å². The van der Waals surface area contributed by atoms with Gasteiger partial charge >= 0.3 is 0 Å². The predicted molar refractivity (Wildman–Crippen MR) is 86.3 cm³/mol. The lowest BCUT2D eigenvalue weighted by Crippen LogP contribution is -2.25. The molecule has 2 aliphatic heterocycles. The Morgan fingerprint density at radius 1 is 1.10 bits per heavy atom. The first-order valence-electron chi connectivity index (χ1n) is 8.40. The van der Waals surface area contributed by atoms with Crippen LogP contribution >= 0.6 is 0 Å². The minimum atomic E-state index is 0.629. The monoisotopic (exact) mass is 278 g/mol. The predicted octanol–water partition coefficient (Wildman–Crippen LogP) is 4.05. The van der Waals surface area contributed by atoms with Crippen molar-refractivity contribution in [3.05, 3.63) is 47.7 Å². The average molecular weight is 278 g/mol. The van der Waals surface area contributed by atoms with Gasteiger partial charge in [0.1, 0.15) is 0 Å². The number of nitrogens with one attached hydrogen (secondary N) is 1. The summed E-state index contributed by atoms with van der Waals surface area (Å²) in [4.78, 5) is 6.56. The zero-order valence-corrected chi connectivity index (χ0v) is 12.4. The van der Waals surface area contributed by atoms with Gasteiger partial charge in [0.2, 0.25) is 0 Å². The molecule has 0 bridgehead atoms. The second kappa shape index (κ2) is 4.48. The van der Waals surface area contributed by atoms with Crippen LogP contribution in [-0.2, 0) is 6.42 Å². The molecule has 3 aliphatic rings. The zero-order chi connectivity index (χ0) is 13.8. The Morgan fingerprint density at radius 3 is 3.00 bits per heavy atom. The maximum absolute atomic E-state index is 3.79. The van der Waals surface area contributed by atoms with E-state index in [1.165, 1.54) is 55.4 Å². The van der Waals surface area contributed by atoms with Crippen molar-refractivity contribution in [1.82, 2.24) is 9.88 Å². The van der Waals surface area contributed by atoms with E-state index in [1.54, 1.807) is 5.56 Å². The van der Waals surface area contributed by atoms with Gasteiger partial charge in [0.05, 0.1) is 6.04 Å². The summed E-state index contributed by atoms with van der Waals surface area (Å²) in [6, 6.07) is 9.50. The van der Waals surface area contributed by atoms with Gasteiger partial charge in [-0.3, -0.25) is 4.90 Å². The fourth-order valence-electron chi connectivity index (χ4n) is 5.00. The number of fused-ring (bicyclic) bond motifs is 7. The first kappa shape index (κ1) is 12.0. The molecule has 1 aromatic heterocycles. The molecule has 0 saturated carbocycles. The maximum Gasteiger partial charge on any atom is 0.0536 e. The molecule has 0 spiro atoms. The molecule has 2 heteroatoms. The Balaban J connectivity index is 1.69. The van der Waals surface area contributed by atoms with Crippen molar-refractivity contribution in [2.24, 2.45) is 11.8 Å². The largest absolute Gasteiger partial charge is 0.357 e. The van der Waals surface area contributed by atoms with Crippen LogP contribution < -0.4 is 0 Å². The van der Waals surface area contributed by atoms with Gasteiger partial charge in [-0.2, -0.15) is 0 Å². The highest BCUT2D eigenvalue weighted by Gasteiger charge is 2.44. The molecule has 3 heterocycles. The highest BCUT2D eigenvalue weighted by molar-refractivity contribution is 5.85. The standard InChI is InChI=1S/C19H22N2/c1-2-7-14-13(6-1)12-21-11-5-9-16-15-8-3-4-10-17(15)20-18(16)19(14)21/h1-4,8,10,13-14,19-20H,5-7,9,11-12H2/t13-,14-,19+/m1/s1. The second-order valence-corrected chi connectivity index (χ2v) is 6.97. The molecule has 0 radical (unpaired) electrons. The Hall–Kier alpha value is -1.54. The van der Waals surface area contributed by atoms with Crippen LogP contribution in [0.1, 0.15) is 36.6 Å². The Kier molecular flexibility index (Phi) is 2.57. The third-order valence-electron chi connectivity index (χ3n) is 5.90. The number of rotatable bonds is 0. The Bertz CT molecular complexity index is 711. The third-order valence-corrected chi connectivity index (χ3v) is 5.90. The van der Waals surface area contributed by atoms with Gasteiger partial charge in [-0.05, 0) is 55.7 Å². The number of aromatic amines is 1. The molecule has 0 amide bonds. The highest BCUT2D eigenvalue weighted by atomic mass is 15.2. The topological polar surface area (TPSA) is 19.0 Å². The summed E-state index contributed by atoms with van der Waals surface area (Å²) in [6.07, 6.45) is 9.91. The van der Waals surface area contributed by atoms with Gasteiger partial charge in [-0.1, -0.05) is 30.4 Å². The van der Waals surface area contributed by atoms with E-state index in [2.05, 4.69) is 46.3 Å². The van der Waals surface area contributed by atoms with Gasteiger partial charge in [0.15, 0.2) is 0 Å². The number of hydrogen-bond acceptors (Lipinski definition) is 1. The van der Waals surface area contributed by atoms with Gasteiger partial charge < -0.3 is 4.98 Å². The van der Waals surface area contributed by atoms with Gasteiger partial charge in [-0.25, -0.2) is 0 Å². The molecule has 108 valence electrons. The van der Waals surface area contributed by atoms with E-state index in [0.717, 1.165) is 11.8 Å². The Labute approximate surface area is 125 Å². The zero-order valence-electron chi connectivity index (χ0n) is 12.4. The van der Waals surface area contributed by atoms with Crippen LogP contribution in [0.4, 0.5) is 0 Å². The number of H-pyrrole nitrogens is 1. The van der Waals surface area contributed by atoms with E-state index in [-0.39, 0.29) is 0 Å². The molecule has 1 fully saturated rings. The number of hydrogen-bond donors (Lipinski definition) is 1. The number of aryl methyl sites for hydroxylation is 1. The number of allylic oxidation sites excluding steroid dienone is 2. The SMILES string of the molecule is C1=CC[C@@H]2[C@H](C1)CN1CCCc3c([nH]c4ccccc34)[C@H]21. The van der Waals surface area contributed by atoms with E-state index in [9.17, 15) is 0 Å². The molecular weight excluding hydrogens is 256 g/mol. The molecule has 5 rings (SSSR count). The quantitative estimate of drug-likeness (QED) is 0.720. The minimum absolute atomic E-state index is 0.629. The van der Waals surface area contributed by atoms with Crippen LogP contribution in [0.2, 0.25) is 0 Å². The van der Waals surface area contributed by atoms with E-state index in [0.29, 0.717) is 6.04 Å². The molecule has 2 aromatic rings. The summed E-state index contributed by atoms with van der Waals surface area (Å²) < 4.78 is 0. The van der Waals surface area contributed by atoms with Crippen LogP contribution in [0.3, 0.4) is 0 Å². The van der Waals surface area contributed by atoms with Crippen LogP contribution in [0.15, 0.2) is 36.4 Å². The van der Waals surface area contributed by atoms with Crippen LogP contribution in [0.25, 0.3) is 10.9 Å². The number of nitrogens with zero attached hydrogens (tertiary/aromatic N) is 1. The van der Waals surface area contributed by atoms with Crippen molar-refractivity contribution in [2.75, 3.05) is 13.1 Å². The summed E-state index contributed by atoms with van der Waals surface area (Å²) in [5, 5.41) is 1.46. The van der Waals surface area contributed by atoms with E-state index >= 15 is 0 Å². The molecule has 1 aliphatic carbocycles. The summed E-state index contributed by atoms with van der Waals surface area (Å²) in [5.74, 6) is 1.69. The van der Waals surface area contributed by atoms with Crippen molar-refractivity contribution in [3.8, 4) is 0 Å². The van der Waals surface area contributed by atoms with Crippen LogP contribution in [-0.4, -0.2) is 23.0 Å². The molecule has 3 atom stereocenters. The molecule has 1 aromatic carbocycles. The minimum Gasteiger partial charge on any atom is -0.357 e. The van der Waals surface area contributed by atoms with Crippen molar-refractivity contribution in [2.45, 2.75) is 31.7 Å². The lowest BCUT2D eigenvalue weighted by atomic mass is 9.80. The van der Waals surface area contributed by atoms with Crippen molar-refractivity contribution in [3.63, 3.8) is 0 Å². The van der Waals surface area contributed by atoms with Crippen molar-refractivity contribution >= 4 is 10.9 Å². The smallest absolute Gasteiger partial charge is 0.0536 e. The highest BCUT2D eigenvalue weighted by Crippen LogP contribution is 2.48. The average Bonchev–Trinajstić information content (AvgIpc) is 3.00. The number of benzene rings is 1. The van der Waals surface area contributed by atoms with Gasteiger partial charge in [0.25, 0.3) is 0 Å². The summed E-state index contributed by atoms with van der Waals surface area (Å²) in [6.45, 7) is 2.57. The lowest BCUT2D eigenvalue weighted by Gasteiger charge is -2.27. The van der Waals surface area contributed by atoms with Gasteiger partial charge in [-0.15, -0.1) is 0 Å². The Morgan fingerprint density at radius 2 is 2.00 bits per heavy atom. The van der Waals surface area contributed by atoms with E-state index < -0.39 is 0 Å². The normalized spacial score (nSPS) is 31.7. The van der Waals surface area contributed by atoms with Crippen LogP contribution in [0, 0.1) is 11.8 Å². The van der Waals surface area contributed by atoms with E-state index in [1.807, 2.05) is 0 Å². The third kappa shape index (κ3) is 1.69. The lowest BCUT2D eigenvalue weighted by molar-refractivity contribution is 0.229. The molecule has 21 heavy (non-hydrogen) atoms. The second-order valence-electron chi connectivity index (χ2n) is 6.97. The summed E-state index contributed by atoms with van der Waals surface area (Å²) in [5.41, 5.74) is 4.48. The van der Waals surface area contributed by atoms with Gasteiger partial charge in [0, 0.05) is 23.1 Å². The summed E-state index contributed by atoms with van der Waals surface area (Å²) >= 11 is 0. The molecule has 1 N–H and O–H groups in total. The van der Waals surface area contributed by atoms with Crippen molar-refractivity contribution in [1.29, 1.82) is 0 Å². The molecule has 0 unspecified atom stereocenters. The number of para-hydroxylation sites is 1. The molecule has 1 saturated heterocycles. The fraction of sp³-hybridized carbons (Fsp3) is 0.474.